The minimum atomic E-state index is -1.12. The van der Waals surface area contributed by atoms with Crippen molar-refractivity contribution >= 4 is 65.0 Å². The lowest BCUT2D eigenvalue weighted by atomic mass is 9.89. The van der Waals surface area contributed by atoms with Crippen molar-refractivity contribution in [2.75, 3.05) is 52.0 Å². The van der Waals surface area contributed by atoms with Crippen molar-refractivity contribution in [1.29, 1.82) is 0 Å². The van der Waals surface area contributed by atoms with Crippen molar-refractivity contribution in [3.8, 4) is 0 Å². The number of hydroxylamine groups is 2. The summed E-state index contributed by atoms with van der Waals surface area (Å²) < 4.78 is 23.5. The summed E-state index contributed by atoms with van der Waals surface area (Å²) >= 11 is 0. The van der Waals surface area contributed by atoms with Crippen LogP contribution >= 0.6 is 0 Å². The van der Waals surface area contributed by atoms with Crippen LogP contribution in [-0.4, -0.2) is 168 Å². The van der Waals surface area contributed by atoms with Crippen molar-refractivity contribution in [1.82, 2.24) is 30.4 Å². The lowest BCUT2D eigenvalue weighted by Gasteiger charge is -2.41. The number of rotatable bonds is 28. The van der Waals surface area contributed by atoms with Crippen molar-refractivity contribution in [3.05, 3.63) is 71.8 Å². The summed E-state index contributed by atoms with van der Waals surface area (Å²) in [5.41, 5.74) is 1.45. The number of anilines is 2. The van der Waals surface area contributed by atoms with Gasteiger partial charge in [0, 0.05) is 47.7 Å². The minimum Gasteiger partial charge on any atom is -0.445 e. The zero-order chi connectivity index (χ0) is 62.7. The van der Waals surface area contributed by atoms with E-state index in [1.807, 2.05) is 44.2 Å². The third-order valence-electron chi connectivity index (χ3n) is 16.4. The molecule has 2 aliphatic heterocycles. The van der Waals surface area contributed by atoms with Gasteiger partial charge in [-0.05, 0) is 92.5 Å². The number of nitrogens with one attached hydrogen (secondary N) is 4. The summed E-state index contributed by atoms with van der Waals surface area (Å²) in [7, 11) is 6.06. The fourth-order valence-corrected chi connectivity index (χ4v) is 11.3. The molecule has 5 rings (SSSR count). The number of carbonyl (C=O) groups excluding carboxylic acids is 9. The topological polar surface area (TPSA) is 281 Å². The number of hydrogen-bond acceptors (Lipinski definition) is 16. The Kier molecular flexibility index (Phi) is 26.6. The molecule has 3 aliphatic rings. The van der Waals surface area contributed by atoms with Crippen LogP contribution in [0.2, 0.25) is 0 Å². The van der Waals surface area contributed by atoms with Gasteiger partial charge < -0.3 is 54.6 Å². The van der Waals surface area contributed by atoms with Crippen molar-refractivity contribution in [2.24, 2.45) is 23.7 Å². The Labute approximate surface area is 500 Å². The SMILES string of the molecule is CC[C@H](C)[C@@H]([C@@H](CC(=O)N1CCC[C@H]1[C@H](OC)[C@@H](C)C(=O)N[C@H](C)[C@@H](O)c1ccccc1)OC)N(C)C(=O)[C@H](NC(=O)[C@H](C(C)C)N(C)C(=O)OCc1ccc(NC(=O)OC2/C=C/CCCCC2)c(NCC(=O)ON2C(=O)CCC2=O)c1)C(C)C. The van der Waals surface area contributed by atoms with Crippen LogP contribution in [0.1, 0.15) is 143 Å². The van der Waals surface area contributed by atoms with Gasteiger partial charge in [-0.25, -0.2) is 14.4 Å². The van der Waals surface area contributed by atoms with Crippen LogP contribution in [0.15, 0.2) is 60.7 Å². The number of carbonyl (C=O) groups is 9. The number of amides is 8. The third-order valence-corrected chi connectivity index (χ3v) is 16.4. The van der Waals surface area contributed by atoms with E-state index in [9.17, 15) is 48.3 Å². The van der Waals surface area contributed by atoms with Gasteiger partial charge in [0.2, 0.25) is 23.6 Å². The van der Waals surface area contributed by atoms with E-state index in [0.29, 0.717) is 48.4 Å². The first kappa shape index (κ1) is 68.7. The highest BCUT2D eigenvalue weighted by Gasteiger charge is 2.44. The number of benzene rings is 2. The molecule has 85 heavy (non-hydrogen) atoms. The van der Waals surface area contributed by atoms with Gasteiger partial charge in [-0.2, -0.15) is 0 Å². The molecule has 0 spiro atoms. The molecule has 2 aromatic carbocycles. The molecule has 470 valence electrons. The van der Waals surface area contributed by atoms with Crippen LogP contribution in [0.4, 0.5) is 21.0 Å². The van der Waals surface area contributed by atoms with Crippen LogP contribution in [0.5, 0.6) is 0 Å². The Hall–Kier alpha value is -7.11. The number of allylic oxidation sites excluding steroid dienone is 1. The highest BCUT2D eigenvalue weighted by molar-refractivity contribution is 6.02. The summed E-state index contributed by atoms with van der Waals surface area (Å²) in [6.45, 7) is 14.1. The van der Waals surface area contributed by atoms with Crippen LogP contribution in [0.25, 0.3) is 0 Å². The molecule has 8 amide bonds. The van der Waals surface area contributed by atoms with Crippen LogP contribution in [0.3, 0.4) is 0 Å². The number of ether oxygens (including phenoxy) is 4. The lowest BCUT2D eigenvalue weighted by molar-refractivity contribution is -0.196. The van der Waals surface area contributed by atoms with E-state index in [1.54, 1.807) is 76.6 Å². The van der Waals surface area contributed by atoms with Crippen molar-refractivity contribution in [2.45, 2.75) is 187 Å². The van der Waals surface area contributed by atoms with Gasteiger partial charge in [-0.15, -0.1) is 5.06 Å². The van der Waals surface area contributed by atoms with Gasteiger partial charge in [0.05, 0.1) is 60.2 Å². The number of likely N-dealkylation sites (N-methyl/N-ethyl adjacent to an activating group) is 2. The molecule has 23 heteroatoms. The lowest BCUT2D eigenvalue weighted by Crippen LogP contribution is -2.60. The second-order valence-electron chi connectivity index (χ2n) is 23.2. The predicted octanol–water partition coefficient (Wildman–Crippen LogP) is 7.04. The van der Waals surface area contributed by atoms with E-state index in [2.05, 4.69) is 21.3 Å². The normalized spacial score (nSPS) is 19.8. The van der Waals surface area contributed by atoms with Gasteiger partial charge in [0.15, 0.2) is 0 Å². The quantitative estimate of drug-likeness (QED) is 0.0422. The predicted molar refractivity (Wildman–Crippen MR) is 317 cm³/mol. The monoisotopic (exact) mass is 1190 g/mol. The number of aliphatic hydroxyl groups excluding tert-OH is 1. The number of aliphatic hydroxyl groups is 1. The number of likely N-dealkylation sites (tertiary alicyclic amines) is 1. The third kappa shape index (κ3) is 18.9. The molecule has 2 saturated heterocycles. The highest BCUT2D eigenvalue weighted by atomic mass is 16.7. The van der Waals surface area contributed by atoms with Gasteiger partial charge in [-0.3, -0.25) is 39.0 Å². The van der Waals surface area contributed by atoms with E-state index in [-0.39, 0.29) is 55.0 Å². The maximum Gasteiger partial charge on any atom is 0.412 e. The zero-order valence-electron chi connectivity index (χ0n) is 51.6. The maximum absolute atomic E-state index is 14.8. The molecular formula is C62H92N8O15. The fraction of sp³-hybridized carbons (Fsp3) is 0.629. The molecule has 0 radical (unpaired) electrons. The molecular weight excluding hydrogens is 1100 g/mol. The molecule has 23 nitrogen and oxygen atoms in total. The molecule has 0 saturated carbocycles. The average Bonchev–Trinajstić information content (AvgIpc) is 4.29. The Morgan fingerprint density at radius 3 is 2.12 bits per heavy atom. The molecule has 0 aromatic heterocycles. The first-order chi connectivity index (χ1) is 40.4. The maximum atomic E-state index is 14.8. The summed E-state index contributed by atoms with van der Waals surface area (Å²) in [5.74, 6) is -5.64. The Bertz CT molecular complexity index is 2620. The zero-order valence-corrected chi connectivity index (χ0v) is 51.6. The number of imide groups is 1. The summed E-state index contributed by atoms with van der Waals surface area (Å²) in [6, 6.07) is 9.81. The van der Waals surface area contributed by atoms with Gasteiger partial charge in [0.25, 0.3) is 11.8 Å². The second-order valence-corrected chi connectivity index (χ2v) is 23.2. The highest BCUT2D eigenvalue weighted by Crippen LogP contribution is 2.31. The number of nitrogens with zero attached hydrogens (tertiary/aromatic N) is 4. The Morgan fingerprint density at radius 2 is 1.48 bits per heavy atom. The first-order valence-corrected chi connectivity index (χ1v) is 29.8. The largest absolute Gasteiger partial charge is 0.445 e. The minimum absolute atomic E-state index is 0.0876. The first-order valence-electron chi connectivity index (χ1n) is 29.8. The molecule has 11 atom stereocenters. The number of hydrogen-bond donors (Lipinski definition) is 5. The van der Waals surface area contributed by atoms with Crippen LogP contribution in [-0.2, 0) is 64.0 Å². The van der Waals surface area contributed by atoms with Gasteiger partial charge in [-0.1, -0.05) is 104 Å². The van der Waals surface area contributed by atoms with Crippen molar-refractivity contribution in [3.63, 3.8) is 0 Å². The molecule has 0 bridgehead atoms. The van der Waals surface area contributed by atoms with E-state index in [1.165, 1.54) is 33.4 Å². The molecule has 1 aliphatic carbocycles. The molecule has 2 aromatic rings. The summed E-state index contributed by atoms with van der Waals surface area (Å²) in [5, 5.41) is 22.8. The molecule has 2 fully saturated rings. The Balaban J connectivity index is 1.25. The van der Waals surface area contributed by atoms with Gasteiger partial charge >= 0.3 is 18.2 Å². The summed E-state index contributed by atoms with van der Waals surface area (Å²) in [6.07, 6.45) is 5.47. The standard InChI is InChI=1S/C62H92N8O15/c1-13-39(6)55(48(81-11)34-51(73)69-32-22-27-47(69)57(82-12)40(7)58(76)64-41(8)56(75)43-23-18-17-19-24-43)67(9)60(78)53(37(2)3)66-59(77)54(38(4)5)68(10)62(80)83-36-42-28-29-45(65-61(79)84-44-25-20-15-14-16-21-26-44)46(33-42)63-35-52(74)85-70-49(71)30-31-50(70)72/h17-20,23-25,28-29,33,37-41,44,47-48,53-57,63,75H,13-16,21-22,26-27,30-32,34-36H2,1-12H3,(H,64,76)(H,65,79)(H,66,77)/b25-20+/t39-,40+,41+,44?,47-,48+,53+,54-,55-,56+,57+/m0/s1. The Morgan fingerprint density at radius 1 is 0.788 bits per heavy atom. The van der Waals surface area contributed by atoms with Gasteiger partial charge in [0.1, 0.15) is 31.3 Å². The smallest absolute Gasteiger partial charge is 0.412 e. The average molecular weight is 1190 g/mol. The fourth-order valence-electron chi connectivity index (χ4n) is 11.3. The van der Waals surface area contributed by atoms with E-state index in [4.69, 9.17) is 23.8 Å². The van der Waals surface area contributed by atoms with E-state index < -0.39 is 121 Å². The second kappa shape index (κ2) is 33.0. The molecule has 1 unspecified atom stereocenters. The van der Waals surface area contributed by atoms with Crippen LogP contribution in [0, 0.1) is 23.7 Å². The molecule has 2 heterocycles. The molecule has 5 N–H and O–H groups in total. The van der Waals surface area contributed by atoms with Crippen LogP contribution < -0.4 is 21.3 Å². The summed E-state index contributed by atoms with van der Waals surface area (Å²) in [4.78, 5) is 131. The van der Waals surface area contributed by atoms with E-state index in [0.717, 1.165) is 30.6 Å². The number of methoxy groups -OCH3 is 2. The van der Waals surface area contributed by atoms with E-state index >= 15 is 0 Å². The van der Waals surface area contributed by atoms with Crippen molar-refractivity contribution < 1.29 is 72.0 Å².